The van der Waals surface area contributed by atoms with E-state index < -0.39 is 0 Å². The van der Waals surface area contributed by atoms with Gasteiger partial charge >= 0.3 is 0 Å². The van der Waals surface area contributed by atoms with Crippen LogP contribution in [0.1, 0.15) is 65.7 Å². The summed E-state index contributed by atoms with van der Waals surface area (Å²) in [5.74, 6) is -0.0973. The molecule has 7 heteroatoms. The lowest BCUT2D eigenvalue weighted by Gasteiger charge is -2.35. The van der Waals surface area contributed by atoms with Crippen LogP contribution in [0.3, 0.4) is 0 Å². The van der Waals surface area contributed by atoms with E-state index >= 15 is 0 Å². The molecule has 0 atom stereocenters. The minimum atomic E-state index is -0.346. The van der Waals surface area contributed by atoms with Gasteiger partial charge in [0.25, 0.3) is 0 Å². The zero-order valence-electron chi connectivity index (χ0n) is 17.2. The molecule has 1 heterocycles. The van der Waals surface area contributed by atoms with Crippen LogP contribution >= 0.6 is 0 Å². The molecular weight excluding hydrogens is 356 g/mol. The molecule has 28 heavy (non-hydrogen) atoms. The van der Waals surface area contributed by atoms with Gasteiger partial charge in [-0.1, -0.05) is 25.3 Å². The fraction of sp³-hybridized carbons (Fsp3) is 0.619. The van der Waals surface area contributed by atoms with Gasteiger partial charge in [-0.15, -0.1) is 0 Å². The van der Waals surface area contributed by atoms with Gasteiger partial charge in [0.2, 0.25) is 17.7 Å². The van der Waals surface area contributed by atoms with Crippen LogP contribution in [0.15, 0.2) is 24.4 Å². The number of carbonyl (C=O) groups is 3. The zero-order valence-corrected chi connectivity index (χ0v) is 17.2. The van der Waals surface area contributed by atoms with Gasteiger partial charge in [-0.25, -0.2) is 4.98 Å². The van der Waals surface area contributed by atoms with Crippen LogP contribution in [-0.2, 0) is 14.4 Å². The Labute approximate surface area is 167 Å². The summed E-state index contributed by atoms with van der Waals surface area (Å²) in [6.45, 7) is 5.79. The topological polar surface area (TPSA) is 91.4 Å². The Morgan fingerprint density at radius 3 is 2.39 bits per heavy atom. The van der Waals surface area contributed by atoms with Gasteiger partial charge in [0.05, 0.1) is 6.54 Å². The van der Waals surface area contributed by atoms with Crippen molar-refractivity contribution in [3.63, 3.8) is 0 Å². The number of nitrogens with one attached hydrogen (secondary N) is 2. The van der Waals surface area contributed by atoms with Gasteiger partial charge in [0.1, 0.15) is 5.82 Å². The first-order chi connectivity index (χ1) is 13.2. The lowest BCUT2D eigenvalue weighted by molar-refractivity contribution is -0.140. The molecule has 2 rings (SSSR count). The second-order valence-corrected chi connectivity index (χ2v) is 8.37. The Balaban J connectivity index is 1.93. The number of hydrogen-bond donors (Lipinski definition) is 2. The third kappa shape index (κ3) is 7.66. The molecular formula is C21H32N4O3. The first-order valence-electron chi connectivity index (χ1n) is 10.1. The largest absolute Gasteiger partial charge is 0.350 e. The monoisotopic (exact) mass is 388 g/mol. The molecule has 1 aliphatic carbocycles. The summed E-state index contributed by atoms with van der Waals surface area (Å²) in [6, 6.07) is 5.33. The van der Waals surface area contributed by atoms with Gasteiger partial charge in [0, 0.05) is 30.6 Å². The van der Waals surface area contributed by atoms with Crippen molar-refractivity contribution >= 4 is 23.5 Å². The van der Waals surface area contributed by atoms with Gasteiger partial charge in [-0.05, 0) is 45.7 Å². The van der Waals surface area contributed by atoms with Crippen LogP contribution in [0.25, 0.3) is 0 Å². The van der Waals surface area contributed by atoms with Crippen LogP contribution < -0.4 is 10.6 Å². The molecule has 3 amide bonds. The third-order valence-corrected chi connectivity index (χ3v) is 4.66. The van der Waals surface area contributed by atoms with Gasteiger partial charge in [-0.3, -0.25) is 14.4 Å². The Morgan fingerprint density at radius 2 is 1.79 bits per heavy atom. The van der Waals surface area contributed by atoms with E-state index in [0.29, 0.717) is 5.82 Å². The predicted octanol–water partition coefficient (Wildman–Crippen LogP) is 2.88. The van der Waals surface area contributed by atoms with Crippen molar-refractivity contribution in [2.45, 2.75) is 77.3 Å². The highest BCUT2D eigenvalue weighted by atomic mass is 16.2. The van der Waals surface area contributed by atoms with Crippen molar-refractivity contribution in [3.8, 4) is 0 Å². The summed E-state index contributed by atoms with van der Waals surface area (Å²) in [5.41, 5.74) is -0.346. The number of carbonyl (C=O) groups excluding carboxylic acids is 3. The predicted molar refractivity (Wildman–Crippen MR) is 109 cm³/mol. The minimum Gasteiger partial charge on any atom is -0.350 e. The van der Waals surface area contributed by atoms with Crippen LogP contribution in [-0.4, -0.2) is 45.7 Å². The fourth-order valence-corrected chi connectivity index (χ4v) is 3.43. The molecule has 1 aromatic rings. The first kappa shape index (κ1) is 21.9. The Hall–Kier alpha value is -2.44. The summed E-state index contributed by atoms with van der Waals surface area (Å²) in [4.78, 5) is 43.1. The normalized spacial score (nSPS) is 15.0. The maximum absolute atomic E-state index is 12.9. The molecule has 0 radical (unpaired) electrons. The summed E-state index contributed by atoms with van der Waals surface area (Å²) < 4.78 is 0. The van der Waals surface area contributed by atoms with Crippen molar-refractivity contribution < 1.29 is 14.4 Å². The molecule has 1 fully saturated rings. The summed E-state index contributed by atoms with van der Waals surface area (Å²) in [6.07, 6.45) is 6.87. The van der Waals surface area contributed by atoms with Crippen molar-refractivity contribution in [1.82, 2.24) is 15.2 Å². The van der Waals surface area contributed by atoms with Crippen LogP contribution in [0.5, 0.6) is 0 Å². The number of anilines is 1. The maximum atomic E-state index is 12.9. The maximum Gasteiger partial charge on any atom is 0.240 e. The highest BCUT2D eigenvalue weighted by Gasteiger charge is 2.28. The van der Waals surface area contributed by atoms with E-state index in [-0.39, 0.29) is 48.7 Å². The van der Waals surface area contributed by atoms with E-state index in [4.69, 9.17) is 0 Å². The van der Waals surface area contributed by atoms with Crippen LogP contribution in [0.2, 0.25) is 0 Å². The standard InChI is InChI=1S/C21H32N4O3/c1-21(2,3)24-19(27)15-25(16-9-5-4-6-10-16)20(28)13-12-18(26)23-17-11-7-8-14-22-17/h7-8,11,14,16H,4-6,9-10,12-13,15H2,1-3H3,(H,24,27)(H,22,23,26). The highest BCUT2D eigenvalue weighted by Crippen LogP contribution is 2.23. The number of amides is 3. The second-order valence-electron chi connectivity index (χ2n) is 8.37. The molecule has 2 N–H and O–H groups in total. The zero-order chi connectivity index (χ0) is 20.6. The van der Waals surface area contributed by atoms with E-state index in [0.717, 1.165) is 25.7 Å². The minimum absolute atomic E-state index is 0.0443. The average Bonchev–Trinajstić information content (AvgIpc) is 2.64. The second kappa shape index (κ2) is 10.2. The van der Waals surface area contributed by atoms with Crippen molar-refractivity contribution in [1.29, 1.82) is 0 Å². The molecule has 0 aliphatic heterocycles. The molecule has 1 aliphatic rings. The summed E-state index contributed by atoms with van der Waals surface area (Å²) in [5, 5.41) is 5.61. The van der Waals surface area contributed by atoms with Crippen molar-refractivity contribution in [3.05, 3.63) is 24.4 Å². The number of hydrogen-bond acceptors (Lipinski definition) is 4. The van der Waals surface area contributed by atoms with E-state index in [2.05, 4.69) is 15.6 Å². The lowest BCUT2D eigenvalue weighted by Crippen LogP contribution is -2.50. The first-order valence-corrected chi connectivity index (χ1v) is 10.1. The number of pyridine rings is 1. The molecule has 1 saturated carbocycles. The number of nitrogens with zero attached hydrogens (tertiary/aromatic N) is 2. The lowest BCUT2D eigenvalue weighted by atomic mass is 9.93. The molecule has 0 saturated heterocycles. The molecule has 0 spiro atoms. The van der Waals surface area contributed by atoms with Crippen LogP contribution in [0, 0.1) is 0 Å². The molecule has 0 aromatic carbocycles. The summed E-state index contributed by atoms with van der Waals surface area (Å²) >= 11 is 0. The van der Waals surface area contributed by atoms with Gasteiger partial charge < -0.3 is 15.5 Å². The number of aromatic nitrogens is 1. The summed E-state index contributed by atoms with van der Waals surface area (Å²) in [7, 11) is 0. The van der Waals surface area contributed by atoms with E-state index in [1.54, 1.807) is 29.3 Å². The van der Waals surface area contributed by atoms with Gasteiger partial charge in [0.15, 0.2) is 0 Å². The number of rotatable bonds is 7. The van der Waals surface area contributed by atoms with Crippen LogP contribution in [0.4, 0.5) is 5.82 Å². The quantitative estimate of drug-likeness (QED) is 0.751. The SMILES string of the molecule is CC(C)(C)NC(=O)CN(C(=O)CCC(=O)Nc1ccccn1)C1CCCCC1. The molecule has 7 nitrogen and oxygen atoms in total. The fourth-order valence-electron chi connectivity index (χ4n) is 3.43. The van der Waals surface area contributed by atoms with Gasteiger partial charge in [-0.2, -0.15) is 0 Å². The van der Waals surface area contributed by atoms with E-state index in [9.17, 15) is 14.4 Å². The molecule has 154 valence electrons. The van der Waals surface area contributed by atoms with E-state index in [1.165, 1.54) is 6.42 Å². The molecule has 1 aromatic heterocycles. The Kier molecular flexibility index (Phi) is 7.96. The molecule has 0 bridgehead atoms. The van der Waals surface area contributed by atoms with E-state index in [1.807, 2.05) is 20.8 Å². The van der Waals surface area contributed by atoms with Crippen molar-refractivity contribution in [2.75, 3.05) is 11.9 Å². The molecule has 0 unspecified atom stereocenters. The third-order valence-electron chi connectivity index (χ3n) is 4.66. The Morgan fingerprint density at radius 1 is 1.07 bits per heavy atom. The smallest absolute Gasteiger partial charge is 0.240 e. The van der Waals surface area contributed by atoms with Crippen molar-refractivity contribution in [2.24, 2.45) is 0 Å². The average molecular weight is 389 g/mol. The Bertz CT molecular complexity index is 664. The highest BCUT2D eigenvalue weighted by molar-refractivity contribution is 5.93.